The van der Waals surface area contributed by atoms with E-state index in [9.17, 15) is 4.79 Å². The SMILES string of the molecule is CCC(CC)N(C=N)CC(=N)c1cccc(NC(=O)c2cc(-c3ccc(C4CCC4)nc3)ccn2)c1. The van der Waals surface area contributed by atoms with Crippen LogP contribution in [0.25, 0.3) is 11.1 Å². The molecule has 7 heteroatoms. The van der Waals surface area contributed by atoms with Gasteiger partial charge in [-0.15, -0.1) is 0 Å². The number of aromatic nitrogens is 2. The zero-order valence-electron chi connectivity index (χ0n) is 21.0. The highest BCUT2D eigenvalue weighted by Crippen LogP contribution is 2.35. The van der Waals surface area contributed by atoms with Gasteiger partial charge in [0, 0.05) is 41.3 Å². The van der Waals surface area contributed by atoms with E-state index in [2.05, 4.69) is 41.3 Å². The Bertz CT molecular complexity index is 1210. The fourth-order valence-corrected chi connectivity index (χ4v) is 4.55. The molecule has 0 atom stereocenters. The molecule has 2 heterocycles. The Morgan fingerprint density at radius 1 is 1.11 bits per heavy atom. The first kappa shape index (κ1) is 25.2. The molecule has 1 fully saturated rings. The van der Waals surface area contributed by atoms with Gasteiger partial charge in [-0.3, -0.25) is 20.2 Å². The van der Waals surface area contributed by atoms with Gasteiger partial charge in [-0.25, -0.2) is 0 Å². The summed E-state index contributed by atoms with van der Waals surface area (Å²) < 4.78 is 0. The number of amides is 1. The molecule has 186 valence electrons. The van der Waals surface area contributed by atoms with Gasteiger partial charge >= 0.3 is 0 Å². The van der Waals surface area contributed by atoms with E-state index in [0.29, 0.717) is 35.1 Å². The van der Waals surface area contributed by atoms with Crippen LogP contribution in [0.2, 0.25) is 0 Å². The Kier molecular flexibility index (Phi) is 8.21. The van der Waals surface area contributed by atoms with Crippen molar-refractivity contribution < 1.29 is 4.79 Å². The van der Waals surface area contributed by atoms with Crippen LogP contribution < -0.4 is 5.32 Å². The van der Waals surface area contributed by atoms with Gasteiger partial charge in [-0.2, -0.15) is 0 Å². The van der Waals surface area contributed by atoms with Gasteiger partial charge in [0.25, 0.3) is 5.91 Å². The van der Waals surface area contributed by atoms with Gasteiger partial charge in [-0.1, -0.05) is 38.5 Å². The molecule has 3 N–H and O–H groups in total. The first-order valence-corrected chi connectivity index (χ1v) is 12.7. The molecule has 7 nitrogen and oxygen atoms in total. The molecule has 0 spiro atoms. The standard InChI is InChI=1S/C29H34N6O/c1-3-25(4-2)35(19-30)18-26(31)22-9-6-10-24(15-22)34-29(36)28-16-21(13-14-32-28)23-11-12-27(33-17-23)20-7-5-8-20/h6,9-17,19-20,25,30-31H,3-5,7-8,18H2,1-2H3,(H,34,36). The number of nitrogens with zero attached hydrogens (tertiary/aromatic N) is 3. The third-order valence-electron chi connectivity index (χ3n) is 7.02. The van der Waals surface area contributed by atoms with Crippen LogP contribution in [-0.2, 0) is 0 Å². The number of carbonyl (C=O) groups is 1. The van der Waals surface area contributed by atoms with Crippen molar-refractivity contribution in [1.29, 1.82) is 10.8 Å². The van der Waals surface area contributed by atoms with Crippen LogP contribution in [-0.4, -0.2) is 45.4 Å². The van der Waals surface area contributed by atoms with E-state index < -0.39 is 0 Å². The first-order chi connectivity index (χ1) is 17.5. The molecule has 1 aliphatic rings. The van der Waals surface area contributed by atoms with Gasteiger partial charge < -0.3 is 15.6 Å². The molecule has 1 aromatic carbocycles. The van der Waals surface area contributed by atoms with Crippen molar-refractivity contribution in [2.45, 2.75) is 57.9 Å². The number of hydrogen-bond acceptors (Lipinski definition) is 5. The maximum absolute atomic E-state index is 13.0. The van der Waals surface area contributed by atoms with Crippen LogP contribution in [0.1, 0.15) is 73.6 Å². The predicted octanol–water partition coefficient (Wildman–Crippen LogP) is 6.13. The van der Waals surface area contributed by atoms with E-state index in [1.54, 1.807) is 24.4 Å². The summed E-state index contributed by atoms with van der Waals surface area (Å²) in [6.07, 6.45) is 10.4. The maximum Gasteiger partial charge on any atom is 0.274 e. The Balaban J connectivity index is 1.44. The summed E-state index contributed by atoms with van der Waals surface area (Å²) in [6, 6.07) is 15.3. The van der Waals surface area contributed by atoms with Gasteiger partial charge in [-0.05, 0) is 67.1 Å². The number of anilines is 1. The quantitative estimate of drug-likeness (QED) is 0.226. The van der Waals surface area contributed by atoms with Crippen molar-refractivity contribution >= 4 is 23.6 Å². The highest BCUT2D eigenvalue weighted by atomic mass is 16.1. The molecule has 36 heavy (non-hydrogen) atoms. The second kappa shape index (κ2) is 11.7. The lowest BCUT2D eigenvalue weighted by molar-refractivity contribution is 0.102. The lowest BCUT2D eigenvalue weighted by Gasteiger charge is -2.28. The Morgan fingerprint density at radius 3 is 2.56 bits per heavy atom. The van der Waals surface area contributed by atoms with Crippen molar-refractivity contribution in [3.63, 3.8) is 0 Å². The van der Waals surface area contributed by atoms with Crippen LogP contribution in [0.5, 0.6) is 0 Å². The predicted molar refractivity (Wildman–Crippen MR) is 145 cm³/mol. The summed E-state index contributed by atoms with van der Waals surface area (Å²) in [4.78, 5) is 23.8. The van der Waals surface area contributed by atoms with E-state index in [1.165, 1.54) is 25.6 Å². The zero-order valence-corrected chi connectivity index (χ0v) is 21.0. The second-order valence-electron chi connectivity index (χ2n) is 9.31. The maximum atomic E-state index is 13.0. The summed E-state index contributed by atoms with van der Waals surface area (Å²) in [5, 5.41) is 19.2. The number of pyridine rings is 2. The van der Waals surface area contributed by atoms with E-state index in [4.69, 9.17) is 10.8 Å². The Labute approximate surface area is 213 Å². The molecule has 1 amide bonds. The number of carbonyl (C=O) groups excluding carboxylic acids is 1. The molecule has 0 aliphatic heterocycles. The fraction of sp³-hybridized carbons (Fsp3) is 0.345. The number of benzene rings is 1. The summed E-state index contributed by atoms with van der Waals surface area (Å²) in [5.74, 6) is 0.278. The summed E-state index contributed by atoms with van der Waals surface area (Å²) in [7, 11) is 0. The smallest absolute Gasteiger partial charge is 0.274 e. The average Bonchev–Trinajstić information content (AvgIpc) is 2.88. The molecule has 0 bridgehead atoms. The largest absolute Gasteiger partial charge is 0.354 e. The lowest BCUT2D eigenvalue weighted by atomic mass is 9.82. The van der Waals surface area contributed by atoms with Crippen LogP contribution >= 0.6 is 0 Å². The molecule has 0 radical (unpaired) electrons. The monoisotopic (exact) mass is 482 g/mol. The van der Waals surface area contributed by atoms with Crippen molar-refractivity contribution in [1.82, 2.24) is 14.9 Å². The molecule has 4 rings (SSSR count). The topological polar surface area (TPSA) is 106 Å². The van der Waals surface area contributed by atoms with Crippen LogP contribution in [0.3, 0.4) is 0 Å². The van der Waals surface area contributed by atoms with E-state index in [-0.39, 0.29) is 11.9 Å². The van der Waals surface area contributed by atoms with Crippen LogP contribution in [0.15, 0.2) is 60.9 Å². The normalized spacial score (nSPS) is 13.2. The van der Waals surface area contributed by atoms with Crippen LogP contribution in [0, 0.1) is 10.8 Å². The zero-order chi connectivity index (χ0) is 25.5. The summed E-state index contributed by atoms with van der Waals surface area (Å²) in [6.45, 7) is 4.53. The lowest BCUT2D eigenvalue weighted by Crippen LogP contribution is -2.37. The number of hydrogen-bond donors (Lipinski definition) is 3. The van der Waals surface area contributed by atoms with Crippen molar-refractivity contribution in [3.05, 3.63) is 77.9 Å². The molecular formula is C29H34N6O. The van der Waals surface area contributed by atoms with E-state index >= 15 is 0 Å². The summed E-state index contributed by atoms with van der Waals surface area (Å²) >= 11 is 0. The molecule has 0 unspecified atom stereocenters. The Hall–Kier alpha value is -3.87. The summed E-state index contributed by atoms with van der Waals surface area (Å²) in [5.41, 5.74) is 5.03. The molecule has 2 aromatic heterocycles. The van der Waals surface area contributed by atoms with Gasteiger partial charge in [0.2, 0.25) is 0 Å². The van der Waals surface area contributed by atoms with Crippen LogP contribution in [0.4, 0.5) is 5.69 Å². The van der Waals surface area contributed by atoms with Gasteiger partial charge in [0.15, 0.2) is 0 Å². The molecule has 0 saturated heterocycles. The fourth-order valence-electron chi connectivity index (χ4n) is 4.55. The highest BCUT2D eigenvalue weighted by molar-refractivity contribution is 6.05. The minimum Gasteiger partial charge on any atom is -0.354 e. The van der Waals surface area contributed by atoms with Crippen molar-refractivity contribution in [2.24, 2.45) is 0 Å². The first-order valence-electron chi connectivity index (χ1n) is 12.7. The van der Waals surface area contributed by atoms with Gasteiger partial charge in [0.1, 0.15) is 5.69 Å². The van der Waals surface area contributed by atoms with Crippen molar-refractivity contribution in [2.75, 3.05) is 11.9 Å². The molecule has 1 aliphatic carbocycles. The van der Waals surface area contributed by atoms with E-state index in [1.807, 2.05) is 29.3 Å². The van der Waals surface area contributed by atoms with Gasteiger partial charge in [0.05, 0.1) is 18.6 Å². The molecule has 1 saturated carbocycles. The molecule has 3 aromatic rings. The number of nitrogens with one attached hydrogen (secondary N) is 3. The molecular weight excluding hydrogens is 448 g/mol. The Morgan fingerprint density at radius 2 is 1.92 bits per heavy atom. The van der Waals surface area contributed by atoms with Crippen molar-refractivity contribution in [3.8, 4) is 11.1 Å². The minimum absolute atomic E-state index is 0.230. The second-order valence-corrected chi connectivity index (χ2v) is 9.31. The third kappa shape index (κ3) is 5.85. The number of rotatable bonds is 11. The minimum atomic E-state index is -0.308. The third-order valence-corrected chi connectivity index (χ3v) is 7.02. The highest BCUT2D eigenvalue weighted by Gasteiger charge is 2.20. The average molecular weight is 483 g/mol. The van der Waals surface area contributed by atoms with E-state index in [0.717, 1.165) is 29.7 Å².